The van der Waals surface area contributed by atoms with E-state index in [4.69, 9.17) is 0 Å². The molecule has 3 heterocycles. The van der Waals surface area contributed by atoms with Crippen LogP contribution < -0.4 is 31.1 Å². The first-order chi connectivity index (χ1) is 31.4. The van der Waals surface area contributed by atoms with Gasteiger partial charge < -0.3 is 14.7 Å². The topological polar surface area (TPSA) is 9.72 Å². The summed E-state index contributed by atoms with van der Waals surface area (Å²) >= 11 is 0. The molecule has 3 aliphatic heterocycles. The predicted octanol–water partition coefficient (Wildman–Crippen LogP) is 14.7. The van der Waals surface area contributed by atoms with Gasteiger partial charge in [-0.25, -0.2) is 0 Å². The Kier molecular flexibility index (Phi) is 8.65. The zero-order chi connectivity index (χ0) is 45.9. The van der Waals surface area contributed by atoms with Crippen LogP contribution in [-0.2, 0) is 21.7 Å². The highest BCUT2D eigenvalue weighted by atomic mass is 15.3. The molecule has 2 aliphatic carbocycles. The molecule has 0 amide bonds. The predicted molar refractivity (Wildman–Crippen MR) is 283 cm³/mol. The second-order valence-corrected chi connectivity index (χ2v) is 23.4. The van der Waals surface area contributed by atoms with E-state index in [1.807, 2.05) is 0 Å². The minimum absolute atomic E-state index is 0.0143. The number of hydrogen-bond donors (Lipinski definition) is 0. The average Bonchev–Trinajstić information content (AvgIpc) is 3.65. The third kappa shape index (κ3) is 5.63. The number of rotatable bonds is 4. The van der Waals surface area contributed by atoms with Crippen molar-refractivity contribution in [3.05, 3.63) is 173 Å². The van der Waals surface area contributed by atoms with Gasteiger partial charge in [0.25, 0.3) is 6.71 Å². The number of benzene rings is 7. The molecule has 1 saturated carbocycles. The second-order valence-electron chi connectivity index (χ2n) is 23.4. The lowest BCUT2D eigenvalue weighted by molar-refractivity contribution is 0.195. The fraction of sp³-hybridized carbons (Fsp3) is 0.323. The quantitative estimate of drug-likeness (QED) is 0.163. The molecule has 66 heavy (non-hydrogen) atoms. The first-order valence-corrected chi connectivity index (χ1v) is 24.7. The molecule has 12 rings (SSSR count). The molecule has 0 radical (unpaired) electrons. The summed E-state index contributed by atoms with van der Waals surface area (Å²) in [6.45, 7) is 26.2. The van der Waals surface area contributed by atoms with E-state index in [9.17, 15) is 0 Å². The molecule has 3 nitrogen and oxygen atoms in total. The molecular formula is C62H64BN3. The summed E-state index contributed by atoms with van der Waals surface area (Å²) in [6.07, 6.45) is 4.96. The molecule has 1 fully saturated rings. The molecule has 330 valence electrons. The number of hydrogen-bond acceptors (Lipinski definition) is 3. The highest BCUT2D eigenvalue weighted by molar-refractivity contribution is 7.00. The van der Waals surface area contributed by atoms with Crippen molar-refractivity contribution < 1.29 is 0 Å². The monoisotopic (exact) mass is 862 g/mol. The average molecular weight is 862 g/mol. The molecule has 0 bridgehead atoms. The van der Waals surface area contributed by atoms with Crippen LogP contribution in [-0.4, -0.2) is 12.3 Å². The maximum atomic E-state index is 2.85. The van der Waals surface area contributed by atoms with Crippen LogP contribution in [0.2, 0.25) is 0 Å². The van der Waals surface area contributed by atoms with Crippen LogP contribution in [0.15, 0.2) is 140 Å². The maximum Gasteiger partial charge on any atom is 0.252 e. The summed E-state index contributed by atoms with van der Waals surface area (Å²) in [5, 5.41) is 0. The van der Waals surface area contributed by atoms with Gasteiger partial charge in [0.2, 0.25) is 0 Å². The van der Waals surface area contributed by atoms with Crippen molar-refractivity contribution in [2.24, 2.45) is 0 Å². The van der Waals surface area contributed by atoms with Gasteiger partial charge in [-0.15, -0.1) is 0 Å². The van der Waals surface area contributed by atoms with Crippen LogP contribution in [0.3, 0.4) is 0 Å². The SMILES string of the molecule is Cc1cc2c3c(c1)N1c4c(cccc4C4(C)CCCCC14C)B3c1ccc(N(c3ccc(C(C)(C)C)cc3)c3ccc(C(C)(C)C)cc3)cc1N2c1ccc2c(c1)-c1ccccc1C2(C)C. The molecule has 2 atom stereocenters. The Balaban J connectivity index is 1.13. The van der Waals surface area contributed by atoms with Crippen LogP contribution in [0.5, 0.6) is 0 Å². The Morgan fingerprint density at radius 3 is 1.82 bits per heavy atom. The Morgan fingerprint density at radius 1 is 0.530 bits per heavy atom. The van der Waals surface area contributed by atoms with Gasteiger partial charge in [0.15, 0.2) is 0 Å². The van der Waals surface area contributed by atoms with Crippen molar-refractivity contribution in [2.75, 3.05) is 14.7 Å². The van der Waals surface area contributed by atoms with Crippen LogP contribution in [0.4, 0.5) is 45.5 Å². The van der Waals surface area contributed by atoms with Crippen molar-refractivity contribution in [1.29, 1.82) is 0 Å². The van der Waals surface area contributed by atoms with Crippen molar-refractivity contribution in [1.82, 2.24) is 0 Å². The van der Waals surface area contributed by atoms with Crippen LogP contribution in [0, 0.1) is 6.92 Å². The standard InChI is InChI=1S/C62H64BN3/c1-39-35-54-56-55(36-39)66-57-50(61(10)33-14-15-34-62(61,66)11)19-16-20-52(57)63(56)51-32-30-45(38-53(51)65(54)44-29-31-49-47(37-44)46-17-12-13-18-48(46)60(49,8)9)64(42-25-21-40(22-26-42)58(2,3)4)43-27-23-41(24-28-43)59(5,6)7/h12-13,16-32,35-38H,14-15,33-34H2,1-11H3. The molecule has 0 spiro atoms. The fourth-order valence-corrected chi connectivity index (χ4v) is 13.3. The number of nitrogens with zero attached hydrogens (tertiary/aromatic N) is 3. The zero-order valence-corrected chi connectivity index (χ0v) is 41.0. The summed E-state index contributed by atoms with van der Waals surface area (Å²) in [7, 11) is 0. The number of para-hydroxylation sites is 1. The summed E-state index contributed by atoms with van der Waals surface area (Å²) in [6, 6.07) is 54.7. The third-order valence-electron chi connectivity index (χ3n) is 17.2. The third-order valence-corrected chi connectivity index (χ3v) is 17.2. The molecular weight excluding hydrogens is 798 g/mol. The molecule has 2 unspecified atom stereocenters. The highest BCUT2D eigenvalue weighted by Crippen LogP contribution is 2.62. The molecule has 0 aromatic heterocycles. The lowest BCUT2D eigenvalue weighted by atomic mass is 9.33. The van der Waals surface area contributed by atoms with Gasteiger partial charge in [-0.05, 0) is 159 Å². The summed E-state index contributed by atoms with van der Waals surface area (Å²) < 4.78 is 0. The van der Waals surface area contributed by atoms with Gasteiger partial charge in [-0.2, -0.15) is 0 Å². The Bertz CT molecular complexity index is 3090. The van der Waals surface area contributed by atoms with Crippen molar-refractivity contribution in [2.45, 2.75) is 129 Å². The van der Waals surface area contributed by atoms with E-state index in [1.54, 1.807) is 5.56 Å². The van der Waals surface area contributed by atoms with Gasteiger partial charge in [-0.1, -0.05) is 154 Å². The Morgan fingerprint density at radius 2 is 1.14 bits per heavy atom. The smallest absolute Gasteiger partial charge is 0.252 e. The fourth-order valence-electron chi connectivity index (χ4n) is 13.3. The molecule has 0 saturated heterocycles. The number of fused-ring (bicyclic) bond motifs is 10. The van der Waals surface area contributed by atoms with E-state index >= 15 is 0 Å². The van der Waals surface area contributed by atoms with Gasteiger partial charge in [0, 0.05) is 56.3 Å². The van der Waals surface area contributed by atoms with E-state index in [-0.39, 0.29) is 33.9 Å². The highest BCUT2D eigenvalue weighted by Gasteiger charge is 2.61. The molecule has 5 aliphatic rings. The lowest BCUT2D eigenvalue weighted by Gasteiger charge is -2.53. The molecule has 0 N–H and O–H groups in total. The molecule has 7 aromatic rings. The lowest BCUT2D eigenvalue weighted by Crippen LogP contribution is -2.64. The van der Waals surface area contributed by atoms with Crippen LogP contribution >= 0.6 is 0 Å². The van der Waals surface area contributed by atoms with Gasteiger partial charge in [0.05, 0.1) is 5.54 Å². The summed E-state index contributed by atoms with van der Waals surface area (Å²) in [4.78, 5) is 7.97. The Labute approximate surface area is 394 Å². The Hall–Kier alpha value is -6.00. The summed E-state index contributed by atoms with van der Waals surface area (Å²) in [5.41, 5.74) is 25.4. The van der Waals surface area contributed by atoms with Crippen molar-refractivity contribution in [3.63, 3.8) is 0 Å². The zero-order valence-electron chi connectivity index (χ0n) is 41.0. The summed E-state index contributed by atoms with van der Waals surface area (Å²) in [5.74, 6) is 0. The molecule has 7 aromatic carbocycles. The van der Waals surface area contributed by atoms with Crippen LogP contribution in [0.25, 0.3) is 11.1 Å². The van der Waals surface area contributed by atoms with E-state index < -0.39 is 0 Å². The van der Waals surface area contributed by atoms with Gasteiger partial charge >= 0.3 is 0 Å². The normalized spacial score (nSPS) is 20.6. The van der Waals surface area contributed by atoms with E-state index in [0.29, 0.717) is 0 Å². The van der Waals surface area contributed by atoms with E-state index in [1.165, 1.54) is 109 Å². The largest absolute Gasteiger partial charge is 0.335 e. The first kappa shape index (κ1) is 41.4. The van der Waals surface area contributed by atoms with E-state index in [2.05, 4.69) is 230 Å². The van der Waals surface area contributed by atoms with Crippen molar-refractivity contribution >= 4 is 68.6 Å². The number of anilines is 8. The maximum absolute atomic E-state index is 2.85. The number of aryl methyl sites for hydroxylation is 1. The van der Waals surface area contributed by atoms with Crippen LogP contribution in [0.1, 0.15) is 128 Å². The van der Waals surface area contributed by atoms with E-state index in [0.717, 1.165) is 17.1 Å². The van der Waals surface area contributed by atoms with Gasteiger partial charge in [0.1, 0.15) is 0 Å². The van der Waals surface area contributed by atoms with Gasteiger partial charge in [-0.3, -0.25) is 0 Å². The van der Waals surface area contributed by atoms with Crippen molar-refractivity contribution in [3.8, 4) is 11.1 Å². The minimum atomic E-state index is -0.0735. The minimum Gasteiger partial charge on any atom is -0.335 e. The first-order valence-electron chi connectivity index (χ1n) is 24.7. The second kappa shape index (κ2) is 13.8. The molecule has 4 heteroatoms.